The van der Waals surface area contributed by atoms with Crippen LogP contribution in [0, 0.1) is 13.8 Å². The molecule has 0 radical (unpaired) electrons. The van der Waals surface area contributed by atoms with Gasteiger partial charge in [-0.15, -0.1) is 0 Å². The summed E-state index contributed by atoms with van der Waals surface area (Å²) >= 11 is 0. The molecular weight excluding hydrogens is 516 g/mol. The molecular formula is C29H24N4O5S. The van der Waals surface area contributed by atoms with Crippen LogP contribution < -0.4 is 14.9 Å². The molecule has 1 saturated heterocycles. The van der Waals surface area contributed by atoms with Crippen LogP contribution in [0.3, 0.4) is 0 Å². The van der Waals surface area contributed by atoms with E-state index in [2.05, 4.69) is 0 Å². The zero-order valence-electron chi connectivity index (χ0n) is 21.1. The lowest BCUT2D eigenvalue weighted by Crippen LogP contribution is -2.57. The number of barbiturate groups is 1. The molecule has 196 valence electrons. The number of para-hydroxylation sites is 2. The number of hydrogen-bond acceptors (Lipinski definition) is 5. The van der Waals surface area contributed by atoms with E-state index in [0.29, 0.717) is 28.3 Å². The summed E-state index contributed by atoms with van der Waals surface area (Å²) in [6.07, 6.45) is 1.49. The number of nitrogens with two attached hydrogens (primary N) is 1. The highest BCUT2D eigenvalue weighted by molar-refractivity contribution is 7.89. The second kappa shape index (κ2) is 9.82. The Hall–Kier alpha value is -4.80. The molecule has 0 aliphatic carbocycles. The van der Waals surface area contributed by atoms with Crippen molar-refractivity contribution in [3.8, 4) is 5.69 Å². The second-order valence-electron chi connectivity index (χ2n) is 8.99. The number of hydrogen-bond donors (Lipinski definition) is 1. The lowest BCUT2D eigenvalue weighted by atomic mass is 10.0. The molecule has 0 spiro atoms. The van der Waals surface area contributed by atoms with Crippen molar-refractivity contribution in [3.05, 3.63) is 114 Å². The van der Waals surface area contributed by atoms with Crippen LogP contribution in [0.25, 0.3) is 11.8 Å². The zero-order valence-corrected chi connectivity index (χ0v) is 21.9. The van der Waals surface area contributed by atoms with Crippen LogP contribution in [0.15, 0.2) is 101 Å². The number of rotatable bonds is 5. The average molecular weight is 541 g/mol. The Balaban J connectivity index is 1.62. The van der Waals surface area contributed by atoms with E-state index in [1.807, 2.05) is 24.5 Å². The predicted molar refractivity (Wildman–Crippen MR) is 148 cm³/mol. The number of nitrogens with zero attached hydrogens (tertiary/aromatic N) is 3. The number of urea groups is 1. The third-order valence-corrected chi connectivity index (χ3v) is 7.40. The maximum absolute atomic E-state index is 13.6. The van der Waals surface area contributed by atoms with Crippen molar-refractivity contribution in [1.82, 2.24) is 4.57 Å². The smallest absolute Gasteiger partial charge is 0.318 e. The van der Waals surface area contributed by atoms with Crippen molar-refractivity contribution in [1.29, 1.82) is 0 Å². The van der Waals surface area contributed by atoms with Gasteiger partial charge in [0.05, 0.1) is 16.3 Å². The summed E-state index contributed by atoms with van der Waals surface area (Å²) in [6.45, 7) is 3.67. The Labute approximate surface area is 225 Å². The van der Waals surface area contributed by atoms with Gasteiger partial charge >= 0.3 is 6.03 Å². The lowest BCUT2D eigenvalue weighted by molar-refractivity contribution is -0.121. The summed E-state index contributed by atoms with van der Waals surface area (Å²) in [5.41, 5.74) is 3.27. The van der Waals surface area contributed by atoms with E-state index < -0.39 is 27.9 Å². The Morgan fingerprint density at radius 2 is 1.18 bits per heavy atom. The minimum atomic E-state index is -3.84. The predicted octanol–water partition coefficient (Wildman–Crippen LogP) is 4.32. The third-order valence-electron chi connectivity index (χ3n) is 6.47. The number of carbonyl (C=O) groups is 3. The third kappa shape index (κ3) is 4.67. The molecule has 1 aliphatic heterocycles. The molecule has 0 atom stereocenters. The molecule has 5 rings (SSSR count). The van der Waals surface area contributed by atoms with Gasteiger partial charge in [0.2, 0.25) is 10.0 Å². The van der Waals surface area contributed by atoms with E-state index in [1.54, 1.807) is 72.8 Å². The topological polar surface area (TPSA) is 123 Å². The Bertz CT molecular complexity index is 1680. The number of sulfonamides is 1. The SMILES string of the molecule is Cc1cc(C=C2C(=O)N(c3ccccc3)C(=O)N(c3ccccc3)C2=O)c(C)n1-c1ccc(S(N)(=O)=O)cc1. The number of primary sulfonamides is 1. The summed E-state index contributed by atoms with van der Waals surface area (Å²) in [6, 6.07) is 24.0. The van der Waals surface area contributed by atoms with Crippen LogP contribution in [-0.4, -0.2) is 30.8 Å². The molecule has 4 aromatic rings. The molecule has 3 aromatic carbocycles. The first-order chi connectivity index (χ1) is 18.6. The Kier molecular flexibility index (Phi) is 6.51. The zero-order chi connectivity index (χ0) is 27.9. The normalized spacial score (nSPS) is 14.2. The van der Waals surface area contributed by atoms with Crippen molar-refractivity contribution >= 4 is 45.3 Å². The Morgan fingerprint density at radius 3 is 1.64 bits per heavy atom. The van der Waals surface area contributed by atoms with Gasteiger partial charge in [-0.1, -0.05) is 36.4 Å². The lowest BCUT2D eigenvalue weighted by Gasteiger charge is -2.33. The summed E-state index contributed by atoms with van der Waals surface area (Å²) < 4.78 is 25.2. The van der Waals surface area contributed by atoms with Crippen LogP contribution in [0.1, 0.15) is 17.0 Å². The Morgan fingerprint density at radius 1 is 0.692 bits per heavy atom. The number of aryl methyl sites for hydroxylation is 1. The summed E-state index contributed by atoms with van der Waals surface area (Å²) in [4.78, 5) is 42.7. The maximum atomic E-state index is 13.6. The number of aromatic nitrogens is 1. The first-order valence-electron chi connectivity index (χ1n) is 11.9. The van der Waals surface area contributed by atoms with Crippen LogP contribution in [-0.2, 0) is 19.6 Å². The van der Waals surface area contributed by atoms with Gasteiger partial charge in [-0.3, -0.25) is 9.59 Å². The quantitative estimate of drug-likeness (QED) is 0.298. The van der Waals surface area contributed by atoms with Crippen molar-refractivity contribution in [2.75, 3.05) is 9.80 Å². The molecule has 1 aliphatic rings. The highest BCUT2D eigenvalue weighted by atomic mass is 32.2. The number of anilines is 2. The van der Waals surface area contributed by atoms with Crippen LogP contribution in [0.4, 0.5) is 16.2 Å². The molecule has 0 saturated carbocycles. The summed E-state index contributed by atoms with van der Waals surface area (Å²) in [5.74, 6) is -1.46. The van der Waals surface area contributed by atoms with Gasteiger partial charge in [0.15, 0.2) is 0 Å². The van der Waals surface area contributed by atoms with Gasteiger partial charge < -0.3 is 4.57 Å². The standard InChI is InChI=1S/C29H24N4O5S/c1-19-17-21(20(2)31(19)24-13-15-25(16-14-24)39(30,37)38)18-26-27(34)32(22-9-5-3-6-10-22)29(36)33(28(26)35)23-11-7-4-8-12-23/h3-18H,1-2H3,(H2,30,37,38). The molecule has 1 aromatic heterocycles. The van der Waals surface area contributed by atoms with E-state index in [1.165, 1.54) is 18.2 Å². The fourth-order valence-electron chi connectivity index (χ4n) is 4.61. The van der Waals surface area contributed by atoms with Crippen LogP contribution in [0.2, 0.25) is 0 Å². The molecule has 1 fully saturated rings. The summed E-state index contributed by atoms with van der Waals surface area (Å²) in [5, 5.41) is 5.22. The molecule has 4 amide bonds. The molecule has 0 bridgehead atoms. The van der Waals surface area contributed by atoms with E-state index in [4.69, 9.17) is 5.14 Å². The minimum absolute atomic E-state index is 0.0128. The van der Waals surface area contributed by atoms with Gasteiger partial charge in [0, 0.05) is 17.1 Å². The number of amides is 4. The largest absolute Gasteiger partial charge is 0.343 e. The number of imide groups is 2. The first kappa shape index (κ1) is 25.8. The van der Waals surface area contributed by atoms with Gasteiger partial charge in [-0.2, -0.15) is 0 Å². The van der Waals surface area contributed by atoms with E-state index in [0.717, 1.165) is 15.5 Å². The van der Waals surface area contributed by atoms with E-state index >= 15 is 0 Å². The average Bonchev–Trinajstić information content (AvgIpc) is 3.19. The molecule has 2 heterocycles. The molecule has 39 heavy (non-hydrogen) atoms. The molecule has 2 N–H and O–H groups in total. The summed E-state index contributed by atoms with van der Waals surface area (Å²) in [7, 11) is -3.84. The van der Waals surface area contributed by atoms with Gasteiger partial charge in [0.1, 0.15) is 5.57 Å². The first-order valence-corrected chi connectivity index (χ1v) is 13.5. The van der Waals surface area contributed by atoms with E-state index in [-0.39, 0.29) is 10.5 Å². The monoisotopic (exact) mass is 540 g/mol. The fraction of sp³-hybridized carbons (Fsp3) is 0.0690. The van der Waals surface area contributed by atoms with Gasteiger partial charge in [-0.25, -0.2) is 28.2 Å². The maximum Gasteiger partial charge on any atom is 0.343 e. The molecule has 10 heteroatoms. The van der Waals surface area contributed by atoms with Gasteiger partial charge in [-0.05, 0) is 80.1 Å². The highest BCUT2D eigenvalue weighted by Crippen LogP contribution is 2.31. The number of benzene rings is 3. The van der Waals surface area contributed by atoms with Crippen LogP contribution >= 0.6 is 0 Å². The molecule has 9 nitrogen and oxygen atoms in total. The number of carbonyl (C=O) groups excluding carboxylic acids is 3. The fourth-order valence-corrected chi connectivity index (χ4v) is 5.13. The highest BCUT2D eigenvalue weighted by Gasteiger charge is 2.43. The van der Waals surface area contributed by atoms with Crippen molar-refractivity contribution < 1.29 is 22.8 Å². The van der Waals surface area contributed by atoms with E-state index in [9.17, 15) is 22.8 Å². The van der Waals surface area contributed by atoms with Crippen molar-refractivity contribution in [2.24, 2.45) is 5.14 Å². The minimum Gasteiger partial charge on any atom is -0.318 e. The van der Waals surface area contributed by atoms with Crippen LogP contribution in [0.5, 0.6) is 0 Å². The van der Waals surface area contributed by atoms with Crippen molar-refractivity contribution in [3.63, 3.8) is 0 Å². The van der Waals surface area contributed by atoms with Crippen molar-refractivity contribution in [2.45, 2.75) is 18.7 Å². The second-order valence-corrected chi connectivity index (χ2v) is 10.6. The van der Waals surface area contributed by atoms with Gasteiger partial charge in [0.25, 0.3) is 11.8 Å². The molecule has 0 unspecified atom stereocenters.